The Balaban J connectivity index is 1.51. The van der Waals surface area contributed by atoms with Crippen LogP contribution in [0.25, 0.3) is 11.1 Å². The minimum absolute atomic E-state index is 0.480. The van der Waals surface area contributed by atoms with Crippen LogP contribution in [0, 0.1) is 0 Å². The van der Waals surface area contributed by atoms with E-state index in [9.17, 15) is 9.59 Å². The van der Waals surface area contributed by atoms with Crippen LogP contribution in [0.15, 0.2) is 79.1 Å². The fourth-order valence-corrected chi connectivity index (χ4v) is 2.51. The number of nitrogens with zero attached hydrogens (tertiary/aromatic N) is 1. The van der Waals surface area contributed by atoms with Crippen molar-refractivity contribution in [1.82, 2.24) is 10.5 Å². The molecular weight excluding hydrogens is 342 g/mol. The van der Waals surface area contributed by atoms with E-state index in [2.05, 4.69) is 15.8 Å². The molecule has 0 aliphatic carbocycles. The highest BCUT2D eigenvalue weighted by atomic mass is 16.7. The fourth-order valence-electron chi connectivity index (χ4n) is 2.51. The highest BCUT2D eigenvalue weighted by Crippen LogP contribution is 2.20. The summed E-state index contributed by atoms with van der Waals surface area (Å²) in [5.41, 5.74) is 5.56. The number of rotatable bonds is 4. The molecule has 0 radical (unpaired) electrons. The number of carbonyl (C=O) groups excluding carboxylic acids is 2. The second-order valence-electron chi connectivity index (χ2n) is 5.92. The van der Waals surface area contributed by atoms with E-state index >= 15 is 0 Å². The molecule has 2 aromatic carbocycles. The van der Waals surface area contributed by atoms with Gasteiger partial charge in [0.2, 0.25) is 0 Å². The number of hydrogen-bond acceptors (Lipinski definition) is 4. The predicted molar refractivity (Wildman–Crippen MR) is 103 cm³/mol. The van der Waals surface area contributed by atoms with Gasteiger partial charge in [-0.05, 0) is 47.9 Å². The molecule has 0 spiro atoms. The Kier molecular flexibility index (Phi) is 5.79. The van der Waals surface area contributed by atoms with Crippen LogP contribution in [0.2, 0.25) is 0 Å². The van der Waals surface area contributed by atoms with Crippen LogP contribution in [0.4, 0.5) is 10.5 Å². The first-order chi connectivity index (χ1) is 13.1. The molecule has 1 aromatic heterocycles. The minimum Gasteiger partial charge on any atom is -0.339 e. The van der Waals surface area contributed by atoms with Gasteiger partial charge in [0.15, 0.2) is 0 Å². The predicted octanol–water partition coefficient (Wildman–Crippen LogP) is 4.13. The molecule has 0 saturated heterocycles. The van der Waals surface area contributed by atoms with Crippen molar-refractivity contribution in [3.8, 4) is 11.1 Å². The van der Waals surface area contributed by atoms with E-state index in [1.807, 2.05) is 54.6 Å². The van der Waals surface area contributed by atoms with Crippen molar-refractivity contribution in [2.75, 3.05) is 5.32 Å². The topological polar surface area (TPSA) is 80.3 Å². The second-order valence-corrected chi connectivity index (χ2v) is 5.92. The number of benzene rings is 2. The van der Waals surface area contributed by atoms with E-state index in [-0.39, 0.29) is 0 Å². The van der Waals surface area contributed by atoms with Crippen molar-refractivity contribution in [1.29, 1.82) is 0 Å². The fraction of sp³-hybridized carbons (Fsp3) is 0.0952. The first-order valence-electron chi connectivity index (χ1n) is 8.46. The van der Waals surface area contributed by atoms with E-state index < -0.39 is 17.9 Å². The van der Waals surface area contributed by atoms with E-state index in [1.54, 1.807) is 31.5 Å². The number of carbonyl (C=O) groups is 2. The van der Waals surface area contributed by atoms with E-state index in [0.717, 1.165) is 16.7 Å². The Morgan fingerprint density at radius 2 is 1.52 bits per heavy atom. The molecule has 2 amide bonds. The maximum atomic E-state index is 12.0. The van der Waals surface area contributed by atoms with Crippen molar-refractivity contribution in [3.63, 3.8) is 0 Å². The maximum absolute atomic E-state index is 12.0. The van der Waals surface area contributed by atoms with E-state index in [4.69, 9.17) is 4.84 Å². The Hall–Kier alpha value is -3.67. The molecule has 3 aromatic rings. The number of anilines is 1. The maximum Gasteiger partial charge on any atom is 0.352 e. The standard InChI is InChI=1S/C21H19N3O3/c1-15(16-5-3-2-4-6-16)20(25)27-24-21(26)23-19-9-7-17(8-10-19)18-11-13-22-14-12-18/h2-15H,1H3,(H2,23,24,26)/t15-/m0/s1. The Labute approximate surface area is 157 Å². The Bertz CT molecular complexity index is 897. The van der Waals surface area contributed by atoms with Gasteiger partial charge in [-0.1, -0.05) is 42.5 Å². The van der Waals surface area contributed by atoms with Crippen molar-refractivity contribution >= 4 is 17.7 Å². The third-order valence-corrected chi connectivity index (χ3v) is 4.05. The summed E-state index contributed by atoms with van der Waals surface area (Å²) in [5.74, 6) is -1.02. The molecule has 136 valence electrons. The van der Waals surface area contributed by atoms with Crippen LogP contribution in [-0.4, -0.2) is 17.0 Å². The van der Waals surface area contributed by atoms with E-state index in [1.165, 1.54) is 0 Å². The molecule has 1 heterocycles. The van der Waals surface area contributed by atoms with Crippen LogP contribution in [-0.2, 0) is 9.63 Å². The average Bonchev–Trinajstić information content (AvgIpc) is 2.73. The number of pyridine rings is 1. The largest absolute Gasteiger partial charge is 0.352 e. The molecule has 0 saturated carbocycles. The third kappa shape index (κ3) is 4.92. The first-order valence-corrected chi connectivity index (χ1v) is 8.46. The number of hydrogen-bond donors (Lipinski definition) is 2. The summed E-state index contributed by atoms with van der Waals surface area (Å²) in [6, 6.07) is 19.7. The smallest absolute Gasteiger partial charge is 0.339 e. The SMILES string of the molecule is C[C@H](C(=O)ONC(=O)Nc1ccc(-c2ccncc2)cc1)c1ccccc1. The summed E-state index contributed by atoms with van der Waals surface area (Å²) < 4.78 is 0. The van der Waals surface area contributed by atoms with Crippen LogP contribution >= 0.6 is 0 Å². The molecule has 0 bridgehead atoms. The van der Waals surface area contributed by atoms with Gasteiger partial charge in [0, 0.05) is 18.1 Å². The van der Waals surface area contributed by atoms with Gasteiger partial charge >= 0.3 is 12.0 Å². The first kappa shape index (κ1) is 18.1. The molecule has 0 fully saturated rings. The zero-order valence-corrected chi connectivity index (χ0v) is 14.8. The molecule has 0 aliphatic heterocycles. The molecule has 2 N–H and O–H groups in total. The van der Waals surface area contributed by atoms with Crippen LogP contribution in [0.1, 0.15) is 18.4 Å². The molecule has 3 rings (SSSR count). The quantitative estimate of drug-likeness (QED) is 0.685. The summed E-state index contributed by atoms with van der Waals surface area (Å²) in [6.45, 7) is 1.72. The normalized spacial score (nSPS) is 11.3. The molecule has 0 aliphatic rings. The zero-order valence-electron chi connectivity index (χ0n) is 14.8. The van der Waals surface area contributed by atoms with Crippen LogP contribution < -0.4 is 10.8 Å². The van der Waals surface area contributed by atoms with Crippen molar-refractivity contribution in [2.24, 2.45) is 0 Å². The Morgan fingerprint density at radius 1 is 0.889 bits per heavy atom. The molecular formula is C21H19N3O3. The number of hydroxylamine groups is 1. The average molecular weight is 361 g/mol. The van der Waals surface area contributed by atoms with E-state index in [0.29, 0.717) is 5.69 Å². The number of amides is 2. The van der Waals surface area contributed by atoms with Gasteiger partial charge in [-0.2, -0.15) is 5.48 Å². The van der Waals surface area contributed by atoms with Crippen molar-refractivity contribution in [2.45, 2.75) is 12.8 Å². The highest BCUT2D eigenvalue weighted by molar-refractivity contribution is 5.90. The molecule has 1 atom stereocenters. The minimum atomic E-state index is -0.625. The summed E-state index contributed by atoms with van der Waals surface area (Å²) in [4.78, 5) is 32.8. The lowest BCUT2D eigenvalue weighted by Crippen LogP contribution is -2.32. The zero-order chi connectivity index (χ0) is 19.1. The number of nitrogens with one attached hydrogen (secondary N) is 2. The van der Waals surface area contributed by atoms with Crippen LogP contribution in [0.5, 0.6) is 0 Å². The Morgan fingerprint density at radius 3 is 2.19 bits per heavy atom. The lowest BCUT2D eigenvalue weighted by molar-refractivity contribution is -0.149. The third-order valence-electron chi connectivity index (χ3n) is 4.05. The van der Waals surface area contributed by atoms with Gasteiger partial charge in [-0.15, -0.1) is 0 Å². The van der Waals surface area contributed by atoms with Crippen molar-refractivity contribution in [3.05, 3.63) is 84.7 Å². The van der Waals surface area contributed by atoms with Gasteiger partial charge in [0.1, 0.15) is 0 Å². The van der Waals surface area contributed by atoms with Gasteiger partial charge in [-0.25, -0.2) is 9.59 Å². The lowest BCUT2D eigenvalue weighted by atomic mass is 10.0. The summed E-state index contributed by atoms with van der Waals surface area (Å²) in [7, 11) is 0. The molecule has 27 heavy (non-hydrogen) atoms. The second kappa shape index (κ2) is 8.62. The highest BCUT2D eigenvalue weighted by Gasteiger charge is 2.18. The van der Waals surface area contributed by atoms with Gasteiger partial charge in [-0.3, -0.25) is 4.98 Å². The monoisotopic (exact) mass is 361 g/mol. The lowest BCUT2D eigenvalue weighted by Gasteiger charge is -2.12. The van der Waals surface area contributed by atoms with Crippen molar-refractivity contribution < 1.29 is 14.4 Å². The van der Waals surface area contributed by atoms with Gasteiger partial charge in [0.25, 0.3) is 0 Å². The summed E-state index contributed by atoms with van der Waals surface area (Å²) >= 11 is 0. The number of aromatic nitrogens is 1. The van der Waals surface area contributed by atoms with Gasteiger partial charge in [0.05, 0.1) is 5.92 Å². The van der Waals surface area contributed by atoms with Crippen LogP contribution in [0.3, 0.4) is 0 Å². The molecule has 6 nitrogen and oxygen atoms in total. The van der Waals surface area contributed by atoms with Gasteiger partial charge < -0.3 is 10.2 Å². The summed E-state index contributed by atoms with van der Waals surface area (Å²) in [5, 5.41) is 2.62. The molecule has 6 heteroatoms. The number of urea groups is 1. The molecule has 0 unspecified atom stereocenters. The summed E-state index contributed by atoms with van der Waals surface area (Å²) in [6.07, 6.45) is 3.44.